The summed E-state index contributed by atoms with van der Waals surface area (Å²) >= 11 is 0. The van der Waals surface area contributed by atoms with Crippen LogP contribution in [0.3, 0.4) is 0 Å². The van der Waals surface area contributed by atoms with Crippen LogP contribution in [0.1, 0.15) is 26.2 Å². The lowest BCUT2D eigenvalue weighted by molar-refractivity contribution is -0.132. The van der Waals surface area contributed by atoms with Crippen molar-refractivity contribution in [1.82, 2.24) is 10.2 Å². The van der Waals surface area contributed by atoms with Crippen molar-refractivity contribution in [1.29, 1.82) is 0 Å². The molecule has 2 rings (SSSR count). The first-order chi connectivity index (χ1) is 5.81. The molecule has 3 heteroatoms. The minimum absolute atomic E-state index is 0.303. The number of piperidine rings is 1. The molecule has 2 atom stereocenters. The number of hydrogen-bond donors (Lipinski definition) is 1. The first kappa shape index (κ1) is 8.05. The molecule has 0 radical (unpaired) electrons. The normalized spacial score (nSPS) is 33.9. The van der Waals surface area contributed by atoms with Crippen molar-refractivity contribution in [2.75, 3.05) is 13.1 Å². The minimum Gasteiger partial charge on any atom is -0.327 e. The third-order valence-corrected chi connectivity index (χ3v) is 2.94. The molecule has 0 aromatic carbocycles. The van der Waals surface area contributed by atoms with Gasteiger partial charge in [0.2, 0.25) is 5.91 Å². The fourth-order valence-corrected chi connectivity index (χ4v) is 2.26. The topological polar surface area (TPSA) is 32.3 Å². The molecule has 2 bridgehead atoms. The molecule has 12 heavy (non-hydrogen) atoms. The summed E-state index contributed by atoms with van der Waals surface area (Å²) in [5.74, 6) is 1.07. The molecule has 0 saturated carbocycles. The van der Waals surface area contributed by atoms with Crippen molar-refractivity contribution in [2.45, 2.75) is 32.4 Å². The van der Waals surface area contributed by atoms with Gasteiger partial charge in [0.25, 0.3) is 0 Å². The van der Waals surface area contributed by atoms with Gasteiger partial charge in [0.1, 0.15) is 0 Å². The Morgan fingerprint density at radius 1 is 1.67 bits per heavy atom. The summed E-state index contributed by atoms with van der Waals surface area (Å²) in [5.41, 5.74) is 0. The molecule has 2 saturated heterocycles. The molecular formula is C9H16N2O. The third-order valence-electron chi connectivity index (χ3n) is 2.94. The van der Waals surface area contributed by atoms with Crippen LogP contribution in [0, 0.1) is 5.92 Å². The zero-order valence-corrected chi connectivity index (χ0v) is 7.55. The second kappa shape index (κ2) is 3.05. The summed E-state index contributed by atoms with van der Waals surface area (Å²) < 4.78 is 0. The van der Waals surface area contributed by atoms with E-state index in [4.69, 9.17) is 0 Å². The zero-order valence-electron chi connectivity index (χ0n) is 7.55. The molecule has 2 fully saturated rings. The van der Waals surface area contributed by atoms with Gasteiger partial charge in [-0.3, -0.25) is 10.1 Å². The van der Waals surface area contributed by atoms with Crippen molar-refractivity contribution >= 4 is 5.91 Å². The quantitative estimate of drug-likeness (QED) is 0.620. The summed E-state index contributed by atoms with van der Waals surface area (Å²) in [6.07, 6.45) is 3.41. The summed E-state index contributed by atoms with van der Waals surface area (Å²) in [7, 11) is 0. The van der Waals surface area contributed by atoms with E-state index in [1.807, 2.05) is 11.8 Å². The van der Waals surface area contributed by atoms with Gasteiger partial charge in [0, 0.05) is 13.0 Å². The molecule has 3 nitrogen and oxygen atoms in total. The largest absolute Gasteiger partial charge is 0.327 e. The number of likely N-dealkylation sites (tertiary alicyclic amines) is 1. The van der Waals surface area contributed by atoms with Crippen molar-refractivity contribution in [3.63, 3.8) is 0 Å². The highest BCUT2D eigenvalue weighted by Crippen LogP contribution is 2.27. The van der Waals surface area contributed by atoms with Crippen LogP contribution in [0.5, 0.6) is 0 Å². The third kappa shape index (κ3) is 1.22. The van der Waals surface area contributed by atoms with E-state index in [9.17, 15) is 4.79 Å². The maximum absolute atomic E-state index is 11.4. The molecule has 2 aliphatic rings. The first-order valence-corrected chi connectivity index (χ1v) is 4.84. The minimum atomic E-state index is 0.303. The van der Waals surface area contributed by atoms with Gasteiger partial charge in [-0.05, 0) is 25.3 Å². The summed E-state index contributed by atoms with van der Waals surface area (Å²) in [5, 5.41) is 3.38. The number of amides is 1. The summed E-state index contributed by atoms with van der Waals surface area (Å²) in [6, 6.07) is 0. The molecule has 0 aromatic rings. The fraction of sp³-hybridized carbons (Fsp3) is 0.889. The second-order valence-corrected chi connectivity index (χ2v) is 3.76. The molecule has 0 unspecified atom stereocenters. The van der Waals surface area contributed by atoms with E-state index in [-0.39, 0.29) is 0 Å². The van der Waals surface area contributed by atoms with E-state index in [2.05, 4.69) is 5.32 Å². The second-order valence-electron chi connectivity index (χ2n) is 3.76. The Kier molecular flexibility index (Phi) is 2.05. The van der Waals surface area contributed by atoms with Gasteiger partial charge in [0.05, 0.1) is 6.17 Å². The lowest BCUT2D eigenvalue weighted by Gasteiger charge is -2.25. The SMILES string of the molecule is CCC(=O)N1C[C@H]2CCN[C@@H]1C2. The van der Waals surface area contributed by atoms with Crippen LogP contribution in [0.25, 0.3) is 0 Å². The molecule has 1 N–H and O–H groups in total. The molecule has 2 heterocycles. The number of nitrogens with one attached hydrogen (secondary N) is 1. The van der Waals surface area contributed by atoms with E-state index in [0.717, 1.165) is 19.0 Å². The van der Waals surface area contributed by atoms with Crippen molar-refractivity contribution in [2.24, 2.45) is 5.92 Å². The number of nitrogens with zero attached hydrogens (tertiary/aromatic N) is 1. The summed E-state index contributed by atoms with van der Waals surface area (Å²) in [6.45, 7) is 4.01. The predicted molar refractivity (Wildman–Crippen MR) is 46.5 cm³/mol. The van der Waals surface area contributed by atoms with Crippen molar-refractivity contribution in [3.05, 3.63) is 0 Å². The van der Waals surface area contributed by atoms with Crippen LogP contribution in [-0.4, -0.2) is 30.1 Å². The van der Waals surface area contributed by atoms with Crippen LogP contribution < -0.4 is 5.32 Å². The highest BCUT2D eigenvalue weighted by atomic mass is 16.2. The van der Waals surface area contributed by atoms with Gasteiger partial charge < -0.3 is 4.90 Å². The van der Waals surface area contributed by atoms with Gasteiger partial charge in [-0.15, -0.1) is 0 Å². The van der Waals surface area contributed by atoms with E-state index < -0.39 is 0 Å². The van der Waals surface area contributed by atoms with Gasteiger partial charge in [-0.1, -0.05) is 6.92 Å². The zero-order chi connectivity index (χ0) is 8.55. The molecule has 1 amide bonds. The van der Waals surface area contributed by atoms with Crippen LogP contribution >= 0.6 is 0 Å². The van der Waals surface area contributed by atoms with E-state index in [1.165, 1.54) is 12.8 Å². The Hall–Kier alpha value is -0.570. The molecule has 2 aliphatic heterocycles. The van der Waals surface area contributed by atoms with Crippen LogP contribution in [0.2, 0.25) is 0 Å². The number of carbonyl (C=O) groups is 1. The smallest absolute Gasteiger partial charge is 0.223 e. The van der Waals surface area contributed by atoms with Crippen LogP contribution in [-0.2, 0) is 4.79 Å². The fourth-order valence-electron chi connectivity index (χ4n) is 2.26. The molecule has 0 aliphatic carbocycles. The average Bonchev–Trinajstić information content (AvgIpc) is 2.40. The highest BCUT2D eigenvalue weighted by Gasteiger charge is 2.36. The molecule has 68 valence electrons. The molecular weight excluding hydrogens is 152 g/mol. The van der Waals surface area contributed by atoms with E-state index in [1.54, 1.807) is 0 Å². The highest BCUT2D eigenvalue weighted by molar-refractivity contribution is 5.76. The van der Waals surface area contributed by atoms with E-state index in [0.29, 0.717) is 18.5 Å². The van der Waals surface area contributed by atoms with Gasteiger partial charge in [0.15, 0.2) is 0 Å². The lowest BCUT2D eigenvalue weighted by atomic mass is 10.0. The monoisotopic (exact) mass is 168 g/mol. The lowest BCUT2D eigenvalue weighted by Crippen LogP contribution is -2.44. The Bertz CT molecular complexity index is 193. The van der Waals surface area contributed by atoms with Gasteiger partial charge >= 0.3 is 0 Å². The number of fused-ring (bicyclic) bond motifs is 2. The maximum atomic E-state index is 11.4. The Morgan fingerprint density at radius 3 is 3.17 bits per heavy atom. The average molecular weight is 168 g/mol. The van der Waals surface area contributed by atoms with Crippen LogP contribution in [0.4, 0.5) is 0 Å². The van der Waals surface area contributed by atoms with Gasteiger partial charge in [-0.25, -0.2) is 0 Å². The summed E-state index contributed by atoms with van der Waals surface area (Å²) in [4.78, 5) is 13.5. The Labute approximate surface area is 73.1 Å². The number of hydrogen-bond acceptors (Lipinski definition) is 2. The standard InChI is InChI=1S/C9H16N2O/c1-2-9(12)11-6-7-3-4-10-8(11)5-7/h7-8,10H,2-6H2,1H3/t7-,8-/m0/s1. The Morgan fingerprint density at radius 2 is 2.50 bits per heavy atom. The van der Waals surface area contributed by atoms with Crippen molar-refractivity contribution < 1.29 is 4.79 Å². The van der Waals surface area contributed by atoms with Crippen molar-refractivity contribution in [3.8, 4) is 0 Å². The number of carbonyl (C=O) groups excluding carboxylic acids is 1. The molecule has 0 spiro atoms. The number of rotatable bonds is 1. The van der Waals surface area contributed by atoms with Crippen LogP contribution in [0.15, 0.2) is 0 Å². The van der Waals surface area contributed by atoms with E-state index >= 15 is 0 Å². The first-order valence-electron chi connectivity index (χ1n) is 4.84. The predicted octanol–water partition coefficient (Wildman–Crippen LogP) is 0.564. The Balaban J connectivity index is 2.04. The molecule has 0 aromatic heterocycles. The van der Waals surface area contributed by atoms with Gasteiger partial charge in [-0.2, -0.15) is 0 Å². The maximum Gasteiger partial charge on any atom is 0.223 e.